The van der Waals surface area contributed by atoms with Crippen LogP contribution in [0.3, 0.4) is 0 Å². The number of ether oxygens (including phenoxy) is 1. The molecule has 1 N–H and O–H groups in total. The van der Waals surface area contributed by atoms with Gasteiger partial charge in [-0.15, -0.1) is 11.6 Å². The number of sulfone groups is 1. The zero-order valence-electron chi connectivity index (χ0n) is 9.70. The van der Waals surface area contributed by atoms with E-state index in [0.29, 0.717) is 18.9 Å². The summed E-state index contributed by atoms with van der Waals surface area (Å²) in [4.78, 5) is 11.6. The normalized spacial score (nSPS) is 15.5. The molecule has 2 unspecified atom stereocenters. The minimum absolute atomic E-state index is 0.251. The van der Waals surface area contributed by atoms with Crippen LogP contribution >= 0.6 is 11.6 Å². The summed E-state index contributed by atoms with van der Waals surface area (Å²) < 4.78 is 27.2. The molecule has 0 spiro atoms. The second-order valence-corrected chi connectivity index (χ2v) is 6.35. The Hall–Kier alpha value is -0.330. The van der Waals surface area contributed by atoms with E-state index in [0.717, 1.165) is 6.26 Å². The first-order chi connectivity index (χ1) is 7.32. The van der Waals surface area contributed by atoms with Gasteiger partial charge in [0.05, 0.1) is 12.6 Å². The second kappa shape index (κ2) is 7.09. The van der Waals surface area contributed by atoms with Crippen LogP contribution in [0.1, 0.15) is 13.3 Å². The molecule has 2 atom stereocenters. The minimum atomic E-state index is -3.36. The molecule has 0 aliphatic carbocycles. The number of amides is 1. The Balaban J connectivity index is 4.39. The van der Waals surface area contributed by atoms with Crippen LogP contribution in [0.5, 0.6) is 0 Å². The maximum absolute atomic E-state index is 11.6. The molecule has 0 bridgehead atoms. The van der Waals surface area contributed by atoms with Gasteiger partial charge in [-0.3, -0.25) is 4.79 Å². The molecule has 0 aromatic rings. The topological polar surface area (TPSA) is 72.5 Å². The van der Waals surface area contributed by atoms with Gasteiger partial charge in [-0.1, -0.05) is 0 Å². The monoisotopic (exact) mass is 271 g/mol. The van der Waals surface area contributed by atoms with Crippen LogP contribution in [0.25, 0.3) is 0 Å². The predicted octanol–water partition coefficient (Wildman–Crippen LogP) is 0.180. The Morgan fingerprint density at radius 3 is 2.44 bits per heavy atom. The second-order valence-electron chi connectivity index (χ2n) is 3.61. The van der Waals surface area contributed by atoms with Crippen molar-refractivity contribution in [3.05, 3.63) is 0 Å². The first-order valence-corrected chi connectivity index (χ1v) is 7.36. The van der Waals surface area contributed by atoms with Crippen molar-refractivity contribution < 1.29 is 17.9 Å². The first kappa shape index (κ1) is 15.7. The summed E-state index contributed by atoms with van der Waals surface area (Å²) in [5.41, 5.74) is 0. The molecule has 0 saturated carbocycles. The molecule has 0 aromatic carbocycles. The molecule has 5 nitrogen and oxygen atoms in total. The Kier molecular flexibility index (Phi) is 6.94. The molecule has 16 heavy (non-hydrogen) atoms. The fourth-order valence-electron chi connectivity index (χ4n) is 1.04. The maximum atomic E-state index is 11.6. The zero-order valence-corrected chi connectivity index (χ0v) is 11.3. The molecule has 0 rings (SSSR count). The van der Waals surface area contributed by atoms with Gasteiger partial charge in [-0.25, -0.2) is 8.42 Å². The third kappa shape index (κ3) is 5.67. The summed E-state index contributed by atoms with van der Waals surface area (Å²) in [7, 11) is -1.86. The zero-order chi connectivity index (χ0) is 12.8. The van der Waals surface area contributed by atoms with Crippen molar-refractivity contribution in [2.75, 3.05) is 25.9 Å². The molecule has 1 amide bonds. The number of rotatable bonds is 7. The molecular weight excluding hydrogens is 254 g/mol. The fraction of sp³-hybridized carbons (Fsp3) is 0.889. The highest BCUT2D eigenvalue weighted by Crippen LogP contribution is 2.01. The van der Waals surface area contributed by atoms with Gasteiger partial charge >= 0.3 is 0 Å². The van der Waals surface area contributed by atoms with Crippen LogP contribution in [0.15, 0.2) is 0 Å². The molecule has 0 aliphatic rings. The van der Waals surface area contributed by atoms with Gasteiger partial charge in [0.2, 0.25) is 5.91 Å². The van der Waals surface area contributed by atoms with E-state index in [1.165, 1.54) is 14.0 Å². The standard InChI is InChI=1S/C9H18ClNO4S/c1-7(16(3,13)14)9(12)11-8(4-5-10)6-15-2/h7-8H,4-6H2,1-3H3,(H,11,12). The van der Waals surface area contributed by atoms with Gasteiger partial charge in [0.1, 0.15) is 5.25 Å². The van der Waals surface area contributed by atoms with Gasteiger partial charge < -0.3 is 10.1 Å². The van der Waals surface area contributed by atoms with Crippen molar-refractivity contribution in [3.8, 4) is 0 Å². The Bertz CT molecular complexity index is 311. The Morgan fingerprint density at radius 1 is 1.50 bits per heavy atom. The van der Waals surface area contributed by atoms with Crippen LogP contribution < -0.4 is 5.32 Å². The number of alkyl halides is 1. The Morgan fingerprint density at radius 2 is 2.06 bits per heavy atom. The first-order valence-electron chi connectivity index (χ1n) is 4.87. The lowest BCUT2D eigenvalue weighted by Crippen LogP contribution is -2.45. The van der Waals surface area contributed by atoms with Crippen LogP contribution in [0, 0.1) is 0 Å². The average Bonchev–Trinajstić information content (AvgIpc) is 2.15. The molecule has 0 radical (unpaired) electrons. The lowest BCUT2D eigenvalue weighted by molar-refractivity contribution is -0.121. The van der Waals surface area contributed by atoms with E-state index in [1.54, 1.807) is 0 Å². The summed E-state index contributed by atoms with van der Waals surface area (Å²) in [6.07, 6.45) is 1.57. The third-order valence-corrected chi connectivity index (χ3v) is 3.90. The molecular formula is C9H18ClNO4S. The van der Waals surface area contributed by atoms with Gasteiger partial charge in [-0.2, -0.15) is 0 Å². The van der Waals surface area contributed by atoms with Crippen LogP contribution in [-0.4, -0.2) is 51.5 Å². The highest BCUT2D eigenvalue weighted by Gasteiger charge is 2.25. The molecule has 0 saturated heterocycles. The molecule has 0 aliphatic heterocycles. The van der Waals surface area contributed by atoms with Crippen molar-refractivity contribution in [3.63, 3.8) is 0 Å². The number of methoxy groups -OCH3 is 1. The van der Waals surface area contributed by atoms with Crippen molar-refractivity contribution in [2.24, 2.45) is 0 Å². The van der Waals surface area contributed by atoms with Gasteiger partial charge in [0.15, 0.2) is 9.84 Å². The number of carbonyl (C=O) groups excluding carboxylic acids is 1. The SMILES string of the molecule is COCC(CCCl)NC(=O)C(C)S(C)(=O)=O. The molecule has 0 fully saturated rings. The third-order valence-electron chi connectivity index (χ3n) is 2.18. The maximum Gasteiger partial charge on any atom is 0.238 e. The molecule has 96 valence electrons. The van der Waals surface area contributed by atoms with Crippen LogP contribution in [0.4, 0.5) is 0 Å². The number of halogens is 1. The van der Waals surface area contributed by atoms with E-state index in [-0.39, 0.29) is 6.04 Å². The van der Waals surface area contributed by atoms with E-state index >= 15 is 0 Å². The number of nitrogens with one attached hydrogen (secondary N) is 1. The van der Waals surface area contributed by atoms with Crippen molar-refractivity contribution >= 4 is 27.3 Å². The highest BCUT2D eigenvalue weighted by molar-refractivity contribution is 7.92. The van der Waals surface area contributed by atoms with Crippen LogP contribution in [0.2, 0.25) is 0 Å². The summed E-state index contributed by atoms with van der Waals surface area (Å²) in [5.74, 6) is -0.142. The van der Waals surface area contributed by atoms with Gasteiger partial charge in [0, 0.05) is 19.2 Å². The van der Waals surface area contributed by atoms with Gasteiger partial charge in [-0.05, 0) is 13.3 Å². The largest absolute Gasteiger partial charge is 0.383 e. The minimum Gasteiger partial charge on any atom is -0.383 e. The lowest BCUT2D eigenvalue weighted by atomic mass is 10.2. The van der Waals surface area contributed by atoms with E-state index < -0.39 is 21.0 Å². The summed E-state index contributed by atoms with van der Waals surface area (Å²) in [5, 5.41) is 1.54. The lowest BCUT2D eigenvalue weighted by Gasteiger charge is -2.18. The fourth-order valence-corrected chi connectivity index (χ4v) is 1.76. The van der Waals surface area contributed by atoms with E-state index in [9.17, 15) is 13.2 Å². The van der Waals surface area contributed by atoms with Gasteiger partial charge in [0.25, 0.3) is 0 Å². The van der Waals surface area contributed by atoms with Crippen LogP contribution in [-0.2, 0) is 19.4 Å². The Labute approximate surface area is 101 Å². The van der Waals surface area contributed by atoms with Crippen molar-refractivity contribution in [1.82, 2.24) is 5.32 Å². The molecule has 7 heteroatoms. The predicted molar refractivity (Wildman–Crippen MR) is 63.4 cm³/mol. The number of carbonyl (C=O) groups is 1. The van der Waals surface area contributed by atoms with E-state index in [4.69, 9.17) is 16.3 Å². The summed E-state index contributed by atoms with van der Waals surface area (Å²) in [6, 6.07) is -0.251. The average molecular weight is 272 g/mol. The summed E-state index contributed by atoms with van der Waals surface area (Å²) in [6.45, 7) is 1.67. The van der Waals surface area contributed by atoms with E-state index in [2.05, 4.69) is 5.32 Å². The number of hydrogen-bond acceptors (Lipinski definition) is 4. The van der Waals surface area contributed by atoms with Crippen molar-refractivity contribution in [2.45, 2.75) is 24.6 Å². The number of hydrogen-bond donors (Lipinski definition) is 1. The smallest absolute Gasteiger partial charge is 0.238 e. The summed E-state index contributed by atoms with van der Waals surface area (Å²) >= 11 is 5.56. The highest BCUT2D eigenvalue weighted by atomic mass is 35.5. The quantitative estimate of drug-likeness (QED) is 0.671. The van der Waals surface area contributed by atoms with E-state index in [1.807, 2.05) is 0 Å². The molecule has 0 heterocycles. The van der Waals surface area contributed by atoms with Crippen molar-refractivity contribution in [1.29, 1.82) is 0 Å². The molecule has 0 aromatic heterocycles.